The summed E-state index contributed by atoms with van der Waals surface area (Å²) < 4.78 is 4.88. The SMILES string of the molecule is CCC(CC)C(C)NC(=O)N(CCOC)CC(=O)O. The summed E-state index contributed by atoms with van der Waals surface area (Å²) in [7, 11) is 1.52. The third-order valence-corrected chi connectivity index (χ3v) is 3.29. The lowest BCUT2D eigenvalue weighted by Gasteiger charge is -2.27. The summed E-state index contributed by atoms with van der Waals surface area (Å²) in [6.07, 6.45) is 1.96. The van der Waals surface area contributed by atoms with E-state index in [9.17, 15) is 9.59 Å². The van der Waals surface area contributed by atoms with Crippen molar-refractivity contribution >= 4 is 12.0 Å². The number of carbonyl (C=O) groups is 2. The highest BCUT2D eigenvalue weighted by Crippen LogP contribution is 2.12. The summed E-state index contributed by atoms with van der Waals surface area (Å²) in [6, 6.07) is -0.319. The van der Waals surface area contributed by atoms with E-state index in [-0.39, 0.29) is 25.2 Å². The Bertz CT molecular complexity index is 280. The molecular weight excluding hydrogens is 248 g/mol. The molecule has 0 heterocycles. The first kappa shape index (κ1) is 17.7. The number of carboxylic acid groups (broad SMARTS) is 1. The van der Waals surface area contributed by atoms with Crippen LogP contribution in [0.25, 0.3) is 0 Å². The van der Waals surface area contributed by atoms with Gasteiger partial charge in [-0.3, -0.25) is 4.79 Å². The fraction of sp³-hybridized carbons (Fsp3) is 0.846. The number of methoxy groups -OCH3 is 1. The molecule has 6 nitrogen and oxygen atoms in total. The second kappa shape index (κ2) is 9.61. The van der Waals surface area contributed by atoms with E-state index >= 15 is 0 Å². The van der Waals surface area contributed by atoms with Gasteiger partial charge in [0.25, 0.3) is 0 Å². The van der Waals surface area contributed by atoms with Crippen molar-refractivity contribution in [1.29, 1.82) is 0 Å². The fourth-order valence-corrected chi connectivity index (χ4v) is 2.02. The number of nitrogens with zero attached hydrogens (tertiary/aromatic N) is 1. The molecule has 0 spiro atoms. The summed E-state index contributed by atoms with van der Waals surface area (Å²) in [4.78, 5) is 24.0. The molecule has 2 N–H and O–H groups in total. The first-order valence-corrected chi connectivity index (χ1v) is 6.72. The molecule has 0 saturated carbocycles. The van der Waals surface area contributed by atoms with E-state index in [2.05, 4.69) is 19.2 Å². The third kappa shape index (κ3) is 7.00. The molecule has 0 aliphatic carbocycles. The Morgan fingerprint density at radius 1 is 1.32 bits per heavy atom. The molecule has 0 radical (unpaired) electrons. The predicted molar refractivity (Wildman–Crippen MR) is 73.2 cm³/mol. The normalized spacial score (nSPS) is 12.3. The maximum atomic E-state index is 12.0. The second-order valence-corrected chi connectivity index (χ2v) is 4.62. The number of hydrogen-bond donors (Lipinski definition) is 2. The Balaban J connectivity index is 4.48. The van der Waals surface area contributed by atoms with Gasteiger partial charge in [0, 0.05) is 19.7 Å². The highest BCUT2D eigenvalue weighted by atomic mass is 16.5. The van der Waals surface area contributed by atoms with E-state index in [1.165, 1.54) is 12.0 Å². The lowest BCUT2D eigenvalue weighted by atomic mass is 9.96. The number of hydrogen-bond acceptors (Lipinski definition) is 3. The van der Waals surface area contributed by atoms with Crippen molar-refractivity contribution in [2.24, 2.45) is 5.92 Å². The molecule has 2 amide bonds. The number of rotatable bonds is 9. The number of ether oxygens (including phenoxy) is 1. The maximum absolute atomic E-state index is 12.0. The zero-order valence-electron chi connectivity index (χ0n) is 12.3. The van der Waals surface area contributed by atoms with Crippen LogP contribution in [0.3, 0.4) is 0 Å². The molecule has 0 aliphatic rings. The van der Waals surface area contributed by atoms with Crippen LogP contribution in [0.1, 0.15) is 33.6 Å². The van der Waals surface area contributed by atoms with Crippen LogP contribution >= 0.6 is 0 Å². The summed E-state index contributed by atoms with van der Waals surface area (Å²) in [5, 5.41) is 11.7. The Kier molecular flexibility index (Phi) is 8.95. The molecule has 0 bridgehead atoms. The number of carboxylic acids is 1. The summed E-state index contributed by atoms with van der Waals surface area (Å²) in [5.41, 5.74) is 0. The summed E-state index contributed by atoms with van der Waals surface area (Å²) in [5.74, 6) is -0.625. The van der Waals surface area contributed by atoms with Crippen LogP contribution in [-0.4, -0.2) is 54.9 Å². The van der Waals surface area contributed by atoms with Crippen LogP contribution < -0.4 is 5.32 Å². The highest BCUT2D eigenvalue weighted by Gasteiger charge is 2.21. The molecule has 0 saturated heterocycles. The Hall–Kier alpha value is -1.30. The predicted octanol–water partition coefficient (Wildman–Crippen LogP) is 1.55. The van der Waals surface area contributed by atoms with Gasteiger partial charge in [0.1, 0.15) is 6.54 Å². The molecular formula is C13H26N2O4. The first-order valence-electron chi connectivity index (χ1n) is 6.72. The van der Waals surface area contributed by atoms with Gasteiger partial charge in [0.2, 0.25) is 0 Å². The summed E-state index contributed by atoms with van der Waals surface area (Å²) >= 11 is 0. The van der Waals surface area contributed by atoms with Crippen molar-refractivity contribution in [2.45, 2.75) is 39.7 Å². The Morgan fingerprint density at radius 3 is 2.32 bits per heavy atom. The molecule has 6 heteroatoms. The van der Waals surface area contributed by atoms with Crippen molar-refractivity contribution < 1.29 is 19.4 Å². The van der Waals surface area contributed by atoms with Gasteiger partial charge in [0.15, 0.2) is 0 Å². The maximum Gasteiger partial charge on any atom is 0.323 e. The van der Waals surface area contributed by atoms with Crippen LogP contribution in [0.2, 0.25) is 0 Å². The van der Waals surface area contributed by atoms with Gasteiger partial charge < -0.3 is 20.1 Å². The third-order valence-electron chi connectivity index (χ3n) is 3.29. The molecule has 0 fully saturated rings. The van der Waals surface area contributed by atoms with E-state index in [0.29, 0.717) is 12.5 Å². The molecule has 0 aromatic heterocycles. The van der Waals surface area contributed by atoms with E-state index in [0.717, 1.165) is 12.8 Å². The van der Waals surface area contributed by atoms with Gasteiger partial charge in [-0.05, 0) is 12.8 Å². The largest absolute Gasteiger partial charge is 0.480 e. The quantitative estimate of drug-likeness (QED) is 0.668. The van der Waals surface area contributed by atoms with Gasteiger partial charge in [0.05, 0.1) is 6.61 Å². The molecule has 112 valence electrons. The van der Waals surface area contributed by atoms with Crippen molar-refractivity contribution in [1.82, 2.24) is 10.2 Å². The lowest BCUT2D eigenvalue weighted by molar-refractivity contribution is -0.137. The Labute approximate surface area is 115 Å². The van der Waals surface area contributed by atoms with Gasteiger partial charge in [-0.2, -0.15) is 0 Å². The van der Waals surface area contributed by atoms with Crippen molar-refractivity contribution in [3.63, 3.8) is 0 Å². The smallest absolute Gasteiger partial charge is 0.323 e. The molecule has 1 atom stereocenters. The Morgan fingerprint density at radius 2 is 1.89 bits per heavy atom. The zero-order chi connectivity index (χ0) is 14.8. The molecule has 19 heavy (non-hydrogen) atoms. The number of aliphatic carboxylic acids is 1. The van der Waals surface area contributed by atoms with Gasteiger partial charge in [-0.15, -0.1) is 0 Å². The fourth-order valence-electron chi connectivity index (χ4n) is 2.02. The average Bonchev–Trinajstić information content (AvgIpc) is 2.35. The number of carbonyl (C=O) groups excluding carboxylic acids is 1. The second-order valence-electron chi connectivity index (χ2n) is 4.62. The van der Waals surface area contributed by atoms with E-state index in [4.69, 9.17) is 9.84 Å². The summed E-state index contributed by atoms with van der Waals surface area (Å²) in [6.45, 7) is 6.38. The average molecular weight is 274 g/mol. The topological polar surface area (TPSA) is 78.9 Å². The van der Waals surface area contributed by atoms with Crippen molar-refractivity contribution in [3.8, 4) is 0 Å². The van der Waals surface area contributed by atoms with Crippen LogP contribution in [0.15, 0.2) is 0 Å². The lowest BCUT2D eigenvalue weighted by Crippen LogP contribution is -2.48. The van der Waals surface area contributed by atoms with Crippen LogP contribution in [0, 0.1) is 5.92 Å². The number of nitrogens with one attached hydrogen (secondary N) is 1. The molecule has 0 rings (SSSR count). The van der Waals surface area contributed by atoms with Gasteiger partial charge in [-0.25, -0.2) is 4.79 Å². The number of amides is 2. The minimum Gasteiger partial charge on any atom is -0.480 e. The molecule has 1 unspecified atom stereocenters. The molecule has 0 aromatic carbocycles. The van der Waals surface area contributed by atoms with E-state index in [1.54, 1.807) is 0 Å². The molecule has 0 aliphatic heterocycles. The van der Waals surface area contributed by atoms with Crippen molar-refractivity contribution in [3.05, 3.63) is 0 Å². The number of urea groups is 1. The van der Waals surface area contributed by atoms with Gasteiger partial charge in [-0.1, -0.05) is 26.7 Å². The van der Waals surface area contributed by atoms with E-state index < -0.39 is 5.97 Å². The van der Waals surface area contributed by atoms with Gasteiger partial charge >= 0.3 is 12.0 Å². The van der Waals surface area contributed by atoms with E-state index in [1.807, 2.05) is 6.92 Å². The molecule has 0 aromatic rings. The zero-order valence-corrected chi connectivity index (χ0v) is 12.3. The van der Waals surface area contributed by atoms with Crippen molar-refractivity contribution in [2.75, 3.05) is 26.8 Å². The highest BCUT2D eigenvalue weighted by molar-refractivity contribution is 5.80. The standard InChI is InChI=1S/C13H26N2O4/c1-5-11(6-2)10(3)14-13(18)15(7-8-19-4)9-12(16)17/h10-11H,5-9H2,1-4H3,(H,14,18)(H,16,17). The van der Waals surface area contributed by atoms with Crippen LogP contribution in [0.5, 0.6) is 0 Å². The van der Waals surface area contributed by atoms with Crippen LogP contribution in [0.4, 0.5) is 4.79 Å². The minimum atomic E-state index is -1.03. The first-order chi connectivity index (χ1) is 8.96. The monoisotopic (exact) mass is 274 g/mol. The minimum absolute atomic E-state index is 0.0290. The van der Waals surface area contributed by atoms with Crippen LogP contribution in [-0.2, 0) is 9.53 Å².